The fourth-order valence-electron chi connectivity index (χ4n) is 1.89. The second-order valence-corrected chi connectivity index (χ2v) is 7.79. The monoisotopic (exact) mass is 353 g/mol. The molecule has 0 atom stereocenters. The third-order valence-electron chi connectivity index (χ3n) is 3.09. The quantitative estimate of drug-likeness (QED) is 0.830. The minimum atomic E-state index is 0.101. The number of hydrogen-bond donors (Lipinski definition) is 1. The zero-order valence-electron chi connectivity index (χ0n) is 12.3. The molecule has 2 N–H and O–H groups in total. The molecule has 2 rings (SSSR count). The van der Waals surface area contributed by atoms with Gasteiger partial charge in [-0.1, -0.05) is 36.7 Å². The topological polar surface area (TPSA) is 42.2 Å². The molecule has 0 bridgehead atoms. The smallest absolute Gasteiger partial charge is 0.112 e. The van der Waals surface area contributed by atoms with E-state index in [1.165, 1.54) is 0 Å². The van der Waals surface area contributed by atoms with Crippen molar-refractivity contribution in [1.29, 1.82) is 0 Å². The normalized spacial score (nSPS) is 11.7. The van der Waals surface area contributed by atoms with Crippen molar-refractivity contribution in [3.8, 4) is 0 Å². The molecule has 0 aliphatic rings. The summed E-state index contributed by atoms with van der Waals surface area (Å²) in [5, 5.41) is 3.26. The van der Waals surface area contributed by atoms with Crippen LogP contribution in [0.25, 0.3) is 0 Å². The molecular weight excluding hydrogens is 334 g/mol. The van der Waals surface area contributed by atoms with Crippen LogP contribution in [0.15, 0.2) is 28.1 Å². The lowest BCUT2D eigenvalue weighted by Crippen LogP contribution is -2.18. The summed E-state index contributed by atoms with van der Waals surface area (Å²) in [5.41, 5.74) is 9.11. The Morgan fingerprint density at radius 1 is 1.35 bits per heavy atom. The van der Waals surface area contributed by atoms with Crippen molar-refractivity contribution >= 4 is 38.6 Å². The van der Waals surface area contributed by atoms with E-state index in [0.29, 0.717) is 0 Å². The van der Waals surface area contributed by atoms with Crippen LogP contribution in [0.3, 0.4) is 0 Å². The van der Waals surface area contributed by atoms with E-state index < -0.39 is 0 Å². The number of rotatable bonds is 3. The van der Waals surface area contributed by atoms with Gasteiger partial charge >= 0.3 is 0 Å². The molecule has 5 heteroatoms. The maximum atomic E-state index is 6.06. The first-order valence-corrected chi connectivity index (χ1v) is 8.15. The fourth-order valence-corrected chi connectivity index (χ4v) is 3.34. The summed E-state index contributed by atoms with van der Waals surface area (Å²) >= 11 is 5.13. The van der Waals surface area contributed by atoms with Crippen LogP contribution in [-0.4, -0.2) is 12.0 Å². The van der Waals surface area contributed by atoms with Gasteiger partial charge in [0.15, 0.2) is 0 Å². The first-order valence-electron chi connectivity index (χ1n) is 6.48. The average Bonchev–Trinajstić information content (AvgIpc) is 2.76. The molecule has 0 aliphatic carbocycles. The molecule has 3 nitrogen and oxygen atoms in total. The molecule has 1 aromatic carbocycles. The number of thiazole rings is 1. The summed E-state index contributed by atoms with van der Waals surface area (Å²) in [5.74, 6) is 0. The summed E-state index contributed by atoms with van der Waals surface area (Å²) in [7, 11) is 2.04. The summed E-state index contributed by atoms with van der Waals surface area (Å²) in [6.45, 7) is 7.32. The molecule has 0 fully saturated rings. The van der Waals surface area contributed by atoms with Gasteiger partial charge in [0.2, 0.25) is 0 Å². The highest BCUT2D eigenvalue weighted by Gasteiger charge is 2.18. The lowest BCUT2D eigenvalue weighted by molar-refractivity contribution is 0.570. The van der Waals surface area contributed by atoms with Crippen LogP contribution in [0.5, 0.6) is 0 Å². The molecule has 0 saturated heterocycles. The lowest BCUT2D eigenvalue weighted by Gasteiger charge is -2.20. The molecule has 1 heterocycles. The predicted octanol–water partition coefficient (Wildman–Crippen LogP) is 4.42. The standard InChI is InChI=1S/C15H20BrN3S/c1-15(2,3)13-9-20-14(18-13)8-19(4)12-6-5-10(16)7-11(12)17/h5-7,9H,8,17H2,1-4H3. The van der Waals surface area contributed by atoms with Gasteiger partial charge < -0.3 is 10.6 Å². The Morgan fingerprint density at radius 2 is 2.05 bits per heavy atom. The number of aromatic nitrogens is 1. The molecule has 0 amide bonds. The predicted molar refractivity (Wildman–Crippen MR) is 91.5 cm³/mol. The molecule has 2 aromatic rings. The molecule has 0 unspecified atom stereocenters. The van der Waals surface area contributed by atoms with E-state index in [4.69, 9.17) is 10.7 Å². The second-order valence-electron chi connectivity index (χ2n) is 5.94. The van der Waals surface area contributed by atoms with Gasteiger partial charge in [-0.15, -0.1) is 11.3 Å². The van der Waals surface area contributed by atoms with Crippen LogP contribution in [0, 0.1) is 0 Å². The van der Waals surface area contributed by atoms with E-state index in [-0.39, 0.29) is 5.41 Å². The Kier molecular flexibility index (Phi) is 4.39. The van der Waals surface area contributed by atoms with Crippen molar-refractivity contribution in [2.45, 2.75) is 32.7 Å². The lowest BCUT2D eigenvalue weighted by atomic mass is 9.93. The van der Waals surface area contributed by atoms with E-state index in [1.807, 2.05) is 25.2 Å². The Morgan fingerprint density at radius 3 is 2.60 bits per heavy atom. The Bertz CT molecular complexity index is 601. The van der Waals surface area contributed by atoms with Crippen LogP contribution >= 0.6 is 27.3 Å². The average molecular weight is 354 g/mol. The third-order valence-corrected chi connectivity index (χ3v) is 4.42. The van der Waals surface area contributed by atoms with Crippen molar-refractivity contribution in [3.63, 3.8) is 0 Å². The summed E-state index contributed by atoms with van der Waals surface area (Å²) < 4.78 is 0.997. The highest BCUT2D eigenvalue weighted by atomic mass is 79.9. The first-order chi connectivity index (χ1) is 9.27. The number of nitrogens with two attached hydrogens (primary N) is 1. The summed E-state index contributed by atoms with van der Waals surface area (Å²) in [6.07, 6.45) is 0. The minimum absolute atomic E-state index is 0.101. The Labute approximate surface area is 133 Å². The van der Waals surface area contributed by atoms with Crippen molar-refractivity contribution in [2.75, 3.05) is 17.7 Å². The molecule has 108 valence electrons. The van der Waals surface area contributed by atoms with Gasteiger partial charge in [0.05, 0.1) is 23.6 Å². The Balaban J connectivity index is 2.15. The number of halogens is 1. The second kappa shape index (κ2) is 5.74. The maximum absolute atomic E-state index is 6.06. The molecule has 0 saturated carbocycles. The molecular formula is C15H20BrN3S. The summed E-state index contributed by atoms with van der Waals surface area (Å²) in [4.78, 5) is 6.85. The van der Waals surface area contributed by atoms with Crippen LogP contribution in [0.2, 0.25) is 0 Å². The number of nitrogens with zero attached hydrogens (tertiary/aromatic N) is 2. The maximum Gasteiger partial charge on any atom is 0.112 e. The zero-order valence-corrected chi connectivity index (χ0v) is 14.7. The zero-order chi connectivity index (χ0) is 14.9. The van der Waals surface area contributed by atoms with Crippen LogP contribution in [0.4, 0.5) is 11.4 Å². The highest BCUT2D eigenvalue weighted by Crippen LogP contribution is 2.29. The van der Waals surface area contributed by atoms with Crippen molar-refractivity contribution in [2.24, 2.45) is 0 Å². The first kappa shape index (κ1) is 15.3. The Hall–Kier alpha value is -1.07. The van der Waals surface area contributed by atoms with Gasteiger partial charge in [-0.05, 0) is 18.2 Å². The van der Waals surface area contributed by atoms with E-state index in [1.54, 1.807) is 11.3 Å². The molecule has 20 heavy (non-hydrogen) atoms. The highest BCUT2D eigenvalue weighted by molar-refractivity contribution is 9.10. The van der Waals surface area contributed by atoms with Gasteiger partial charge in [-0.3, -0.25) is 0 Å². The van der Waals surface area contributed by atoms with Crippen LogP contribution < -0.4 is 10.6 Å². The van der Waals surface area contributed by atoms with E-state index in [2.05, 4.69) is 47.0 Å². The fraction of sp³-hybridized carbons (Fsp3) is 0.400. The number of benzene rings is 1. The van der Waals surface area contributed by atoms with Crippen molar-refractivity contribution in [1.82, 2.24) is 4.98 Å². The van der Waals surface area contributed by atoms with Gasteiger partial charge in [0.1, 0.15) is 5.01 Å². The SMILES string of the molecule is CN(Cc1nc(C(C)(C)C)cs1)c1ccc(Br)cc1N. The molecule has 0 radical (unpaired) electrons. The molecule has 1 aromatic heterocycles. The van der Waals surface area contributed by atoms with Gasteiger partial charge in [-0.2, -0.15) is 0 Å². The van der Waals surface area contributed by atoms with Crippen LogP contribution in [-0.2, 0) is 12.0 Å². The number of nitrogen functional groups attached to an aromatic ring is 1. The van der Waals surface area contributed by atoms with Gasteiger partial charge in [-0.25, -0.2) is 4.98 Å². The minimum Gasteiger partial charge on any atom is -0.397 e. The molecule has 0 spiro atoms. The van der Waals surface area contributed by atoms with E-state index in [0.717, 1.165) is 33.1 Å². The van der Waals surface area contributed by atoms with Gasteiger partial charge in [0.25, 0.3) is 0 Å². The largest absolute Gasteiger partial charge is 0.397 e. The third kappa shape index (κ3) is 3.52. The summed E-state index contributed by atoms with van der Waals surface area (Å²) in [6, 6.07) is 5.95. The van der Waals surface area contributed by atoms with E-state index in [9.17, 15) is 0 Å². The van der Waals surface area contributed by atoms with Crippen LogP contribution in [0.1, 0.15) is 31.5 Å². The van der Waals surface area contributed by atoms with Crippen molar-refractivity contribution < 1.29 is 0 Å². The molecule has 0 aliphatic heterocycles. The van der Waals surface area contributed by atoms with Crippen molar-refractivity contribution in [3.05, 3.63) is 38.8 Å². The van der Waals surface area contributed by atoms with E-state index >= 15 is 0 Å². The number of anilines is 2. The van der Waals surface area contributed by atoms with Gasteiger partial charge in [0, 0.05) is 22.3 Å². The number of hydrogen-bond acceptors (Lipinski definition) is 4.